The number of halogens is 3. The first kappa shape index (κ1) is 10.7. The van der Waals surface area contributed by atoms with Crippen molar-refractivity contribution >= 4 is 17.1 Å². The van der Waals surface area contributed by atoms with Gasteiger partial charge in [0, 0.05) is 17.8 Å². The quantitative estimate of drug-likeness (QED) is 0.693. The van der Waals surface area contributed by atoms with Crippen LogP contribution in [0.25, 0.3) is 0 Å². The van der Waals surface area contributed by atoms with Crippen molar-refractivity contribution in [3.63, 3.8) is 0 Å². The van der Waals surface area contributed by atoms with Crippen molar-refractivity contribution in [2.24, 2.45) is 0 Å². The molecular formula is C11H10F3N2+. The van der Waals surface area contributed by atoms with Gasteiger partial charge in [-0.25, -0.2) is 0 Å². The van der Waals surface area contributed by atoms with E-state index in [9.17, 15) is 13.2 Å². The molecule has 0 atom stereocenters. The minimum Gasteiger partial charge on any atom is -0.354 e. The minimum atomic E-state index is -4.37. The van der Waals surface area contributed by atoms with Crippen LogP contribution >= 0.6 is 0 Å². The predicted octanol–water partition coefficient (Wildman–Crippen LogP) is 1.73. The molecule has 0 aromatic heterocycles. The second kappa shape index (κ2) is 3.66. The summed E-state index contributed by atoms with van der Waals surface area (Å²) in [5, 5.41) is 2.90. The lowest BCUT2D eigenvalue weighted by atomic mass is 10.2. The van der Waals surface area contributed by atoms with Gasteiger partial charge in [0.05, 0.1) is 0 Å². The molecule has 1 aromatic rings. The third-order valence-electron chi connectivity index (χ3n) is 2.19. The number of hydrogen-bond acceptors (Lipinski definition) is 1. The van der Waals surface area contributed by atoms with Crippen LogP contribution in [0, 0.1) is 0 Å². The minimum absolute atomic E-state index is 0.419. The van der Waals surface area contributed by atoms with E-state index in [1.165, 1.54) is 0 Å². The van der Waals surface area contributed by atoms with E-state index >= 15 is 0 Å². The molecule has 1 aliphatic heterocycles. The van der Waals surface area contributed by atoms with Crippen LogP contribution in [0.4, 0.5) is 24.5 Å². The number of fused-ring (bicyclic) bond motifs is 1. The number of hydrogen-bond donors (Lipinski definition) is 2. The Morgan fingerprint density at radius 2 is 1.88 bits per heavy atom. The molecule has 0 amide bonds. The second-order valence-electron chi connectivity index (χ2n) is 3.53. The molecule has 16 heavy (non-hydrogen) atoms. The maximum Gasteiger partial charge on any atom is 0.477 e. The highest BCUT2D eigenvalue weighted by atomic mass is 19.4. The number of rotatable bonds is 0. The molecule has 0 fully saturated rings. The first-order valence-electron chi connectivity index (χ1n) is 4.72. The fourth-order valence-electron chi connectivity index (χ4n) is 1.50. The van der Waals surface area contributed by atoms with Crippen molar-refractivity contribution in [2.45, 2.75) is 13.1 Å². The lowest BCUT2D eigenvalue weighted by Crippen LogP contribution is -2.69. The Bertz CT molecular complexity index is 472. The number of anilines is 1. The highest BCUT2D eigenvalue weighted by Gasteiger charge is 2.41. The van der Waals surface area contributed by atoms with Gasteiger partial charge in [0.25, 0.3) is 5.71 Å². The molecule has 1 heterocycles. The average Bonchev–Trinajstić information content (AvgIpc) is 2.34. The van der Waals surface area contributed by atoms with Gasteiger partial charge < -0.3 is 5.32 Å². The van der Waals surface area contributed by atoms with Crippen molar-refractivity contribution in [2.75, 3.05) is 5.32 Å². The van der Waals surface area contributed by atoms with Crippen LogP contribution in [-0.4, -0.2) is 11.9 Å². The Labute approximate surface area is 90.5 Å². The summed E-state index contributed by atoms with van der Waals surface area (Å²) in [5.74, 6) is 0. The van der Waals surface area contributed by atoms with E-state index in [4.69, 9.17) is 0 Å². The zero-order valence-electron chi connectivity index (χ0n) is 8.52. The third-order valence-corrected chi connectivity index (χ3v) is 2.19. The van der Waals surface area contributed by atoms with Crippen LogP contribution in [-0.2, 0) is 0 Å². The molecule has 2 N–H and O–H groups in total. The SMILES string of the molecule is CC1=CC(C(F)(F)F)=[NH+]c2ccccc2N1. The monoisotopic (exact) mass is 227 g/mol. The molecule has 1 aliphatic rings. The molecule has 0 unspecified atom stereocenters. The Morgan fingerprint density at radius 1 is 1.19 bits per heavy atom. The van der Waals surface area contributed by atoms with Gasteiger partial charge in [-0.05, 0) is 13.0 Å². The average molecular weight is 227 g/mol. The molecule has 1 aromatic carbocycles. The summed E-state index contributed by atoms with van der Waals surface area (Å²) in [5.41, 5.74) is 0.741. The van der Waals surface area contributed by atoms with Crippen LogP contribution in [0.1, 0.15) is 6.92 Å². The van der Waals surface area contributed by atoms with Gasteiger partial charge in [0.2, 0.25) is 5.69 Å². The highest BCUT2D eigenvalue weighted by molar-refractivity contribution is 5.97. The molecule has 2 nitrogen and oxygen atoms in total. The van der Waals surface area contributed by atoms with Gasteiger partial charge in [0.15, 0.2) is 0 Å². The first-order valence-corrected chi connectivity index (χ1v) is 4.72. The summed E-state index contributed by atoms with van der Waals surface area (Å²) in [6, 6.07) is 6.76. The van der Waals surface area contributed by atoms with Crippen molar-refractivity contribution < 1.29 is 18.2 Å². The number of benzene rings is 1. The molecule has 0 saturated heterocycles. The van der Waals surface area contributed by atoms with Gasteiger partial charge in [-0.2, -0.15) is 18.2 Å². The lowest BCUT2D eigenvalue weighted by molar-refractivity contribution is -0.365. The highest BCUT2D eigenvalue weighted by Crippen LogP contribution is 2.22. The van der Waals surface area contributed by atoms with Crippen LogP contribution < -0.4 is 10.3 Å². The van der Waals surface area contributed by atoms with Crippen LogP contribution in [0.5, 0.6) is 0 Å². The largest absolute Gasteiger partial charge is 0.477 e. The van der Waals surface area contributed by atoms with Gasteiger partial charge in [0.1, 0.15) is 5.69 Å². The van der Waals surface area contributed by atoms with E-state index in [0.29, 0.717) is 17.1 Å². The number of alkyl halides is 3. The molecule has 5 heteroatoms. The van der Waals surface area contributed by atoms with Gasteiger partial charge in [-0.3, -0.25) is 0 Å². The standard InChI is InChI=1S/C11H9F3N2/c1-7-6-10(11(12,13)14)16-9-5-3-2-4-8(9)15-7/h2-6,15H,1H3/p+1. The van der Waals surface area contributed by atoms with Crippen LogP contribution in [0.15, 0.2) is 36.0 Å². The smallest absolute Gasteiger partial charge is 0.354 e. The Balaban J connectivity index is 2.55. The number of allylic oxidation sites excluding steroid dienone is 2. The van der Waals surface area contributed by atoms with E-state index in [1.807, 2.05) is 0 Å². The fourth-order valence-corrected chi connectivity index (χ4v) is 1.50. The van der Waals surface area contributed by atoms with Gasteiger partial charge in [-0.1, -0.05) is 12.1 Å². The topological polar surface area (TPSA) is 26.0 Å². The van der Waals surface area contributed by atoms with E-state index in [0.717, 1.165) is 6.08 Å². The molecular weight excluding hydrogens is 217 g/mol. The number of nitrogens with one attached hydrogen (secondary N) is 2. The number of para-hydroxylation sites is 2. The first-order chi connectivity index (χ1) is 7.47. The maximum absolute atomic E-state index is 12.6. The third kappa shape index (κ3) is 2.08. The normalized spacial score (nSPS) is 15.5. The molecule has 84 valence electrons. The zero-order chi connectivity index (χ0) is 11.8. The fraction of sp³-hybridized carbons (Fsp3) is 0.182. The summed E-state index contributed by atoms with van der Waals surface area (Å²) in [6.07, 6.45) is -3.32. The van der Waals surface area contributed by atoms with Crippen molar-refractivity contribution in [1.29, 1.82) is 0 Å². The van der Waals surface area contributed by atoms with Crippen molar-refractivity contribution in [3.8, 4) is 0 Å². The Kier molecular flexibility index (Phi) is 2.46. The second-order valence-corrected chi connectivity index (χ2v) is 3.53. The summed E-state index contributed by atoms with van der Waals surface area (Å²) >= 11 is 0. The van der Waals surface area contributed by atoms with Crippen molar-refractivity contribution in [1.82, 2.24) is 0 Å². The predicted molar refractivity (Wildman–Crippen MR) is 55.5 cm³/mol. The van der Waals surface area contributed by atoms with Crippen molar-refractivity contribution in [3.05, 3.63) is 36.0 Å². The summed E-state index contributed by atoms with van der Waals surface area (Å²) < 4.78 is 37.9. The molecule has 0 aliphatic carbocycles. The summed E-state index contributed by atoms with van der Waals surface area (Å²) in [6.45, 7) is 1.59. The van der Waals surface area contributed by atoms with E-state index in [1.54, 1.807) is 31.2 Å². The lowest BCUT2D eigenvalue weighted by Gasteiger charge is -2.02. The molecule has 0 radical (unpaired) electrons. The van der Waals surface area contributed by atoms with E-state index in [2.05, 4.69) is 10.3 Å². The Hall–Kier alpha value is -1.78. The molecule has 2 rings (SSSR count). The maximum atomic E-state index is 12.6. The summed E-state index contributed by atoms with van der Waals surface area (Å²) in [7, 11) is 0. The molecule has 0 bridgehead atoms. The zero-order valence-corrected chi connectivity index (χ0v) is 8.52. The van der Waals surface area contributed by atoms with Gasteiger partial charge >= 0.3 is 6.18 Å². The van der Waals surface area contributed by atoms with Gasteiger partial charge in [-0.15, -0.1) is 0 Å². The Morgan fingerprint density at radius 3 is 2.56 bits per heavy atom. The molecule has 0 spiro atoms. The molecule has 0 saturated carbocycles. The van der Waals surface area contributed by atoms with E-state index in [-0.39, 0.29) is 0 Å². The summed E-state index contributed by atoms with van der Waals surface area (Å²) in [4.78, 5) is 2.38. The van der Waals surface area contributed by atoms with Crippen LogP contribution in [0.3, 0.4) is 0 Å². The van der Waals surface area contributed by atoms with E-state index < -0.39 is 11.9 Å². The van der Waals surface area contributed by atoms with Crippen LogP contribution in [0.2, 0.25) is 0 Å².